The van der Waals surface area contributed by atoms with E-state index in [0.29, 0.717) is 61.5 Å². The summed E-state index contributed by atoms with van der Waals surface area (Å²) in [4.78, 5) is 31.8. The number of benzene rings is 1. The van der Waals surface area contributed by atoms with E-state index in [1.54, 1.807) is 42.8 Å². The van der Waals surface area contributed by atoms with Crippen LogP contribution < -0.4 is 21.5 Å². The van der Waals surface area contributed by atoms with Crippen molar-refractivity contribution >= 4 is 28.4 Å². The molecule has 0 saturated carbocycles. The SMILES string of the molecule is C=CCn1c(=O)c2cnc(Nc3ccc(N4CCN(CCOCCOCCN)CC4)cc3)nc2n1-c1cccc(C(C)(C)O)n1. The molecule has 4 aromatic rings. The van der Waals surface area contributed by atoms with Gasteiger partial charge in [0.15, 0.2) is 11.5 Å². The van der Waals surface area contributed by atoms with E-state index < -0.39 is 5.60 Å². The number of rotatable bonds is 15. The van der Waals surface area contributed by atoms with E-state index in [2.05, 4.69) is 43.8 Å². The number of anilines is 3. The van der Waals surface area contributed by atoms with Crippen molar-refractivity contribution in [2.75, 3.05) is 75.9 Å². The third kappa shape index (κ3) is 7.93. The van der Waals surface area contributed by atoms with Gasteiger partial charge in [0.2, 0.25) is 5.95 Å². The number of piperazine rings is 1. The second-order valence-corrected chi connectivity index (χ2v) is 11.4. The van der Waals surface area contributed by atoms with Crippen molar-refractivity contribution in [2.24, 2.45) is 5.73 Å². The number of fused-ring (bicyclic) bond motifs is 1. The number of hydrogen-bond donors (Lipinski definition) is 3. The summed E-state index contributed by atoms with van der Waals surface area (Å²) in [6, 6.07) is 13.5. The highest BCUT2D eigenvalue weighted by Gasteiger charge is 2.22. The van der Waals surface area contributed by atoms with E-state index in [1.807, 2.05) is 12.1 Å². The van der Waals surface area contributed by atoms with Crippen LogP contribution >= 0.6 is 0 Å². The Balaban J connectivity index is 1.25. The number of allylic oxidation sites excluding steroid dienone is 1. The lowest BCUT2D eigenvalue weighted by Crippen LogP contribution is -2.47. The Labute approximate surface area is 262 Å². The maximum atomic E-state index is 13.3. The van der Waals surface area contributed by atoms with E-state index >= 15 is 0 Å². The molecule has 0 spiro atoms. The maximum Gasteiger partial charge on any atom is 0.278 e. The van der Waals surface area contributed by atoms with Crippen molar-refractivity contribution < 1.29 is 14.6 Å². The fourth-order valence-electron chi connectivity index (χ4n) is 5.20. The third-order valence-corrected chi connectivity index (χ3v) is 7.60. The summed E-state index contributed by atoms with van der Waals surface area (Å²) in [6.07, 6.45) is 3.17. The zero-order valence-electron chi connectivity index (χ0n) is 26.1. The molecular weight excluding hydrogens is 574 g/mol. The lowest BCUT2D eigenvalue weighted by atomic mass is 10.1. The zero-order valence-corrected chi connectivity index (χ0v) is 26.1. The molecule has 240 valence electrons. The van der Waals surface area contributed by atoms with Crippen LogP contribution in [0.25, 0.3) is 16.9 Å². The van der Waals surface area contributed by atoms with Crippen LogP contribution in [0, 0.1) is 0 Å². The molecule has 0 unspecified atom stereocenters. The second kappa shape index (κ2) is 14.8. The topological polar surface area (TPSA) is 149 Å². The molecule has 1 saturated heterocycles. The molecule has 1 aliphatic rings. The van der Waals surface area contributed by atoms with Gasteiger partial charge in [-0.15, -0.1) is 6.58 Å². The molecule has 13 nitrogen and oxygen atoms in total. The molecule has 5 rings (SSSR count). The number of aromatic nitrogens is 5. The smallest absolute Gasteiger partial charge is 0.278 e. The molecule has 13 heteroatoms. The number of nitrogens with one attached hydrogen (secondary N) is 1. The van der Waals surface area contributed by atoms with Crippen molar-refractivity contribution in [3.05, 3.63) is 77.4 Å². The summed E-state index contributed by atoms with van der Waals surface area (Å²) in [5.41, 5.74) is 6.86. The highest BCUT2D eigenvalue weighted by Crippen LogP contribution is 2.24. The first kappa shape index (κ1) is 32.3. The van der Waals surface area contributed by atoms with E-state index in [0.717, 1.165) is 44.1 Å². The zero-order chi connectivity index (χ0) is 31.8. The van der Waals surface area contributed by atoms with Gasteiger partial charge in [-0.25, -0.2) is 19.3 Å². The highest BCUT2D eigenvalue weighted by molar-refractivity contribution is 5.77. The second-order valence-electron chi connectivity index (χ2n) is 11.4. The van der Waals surface area contributed by atoms with Crippen molar-refractivity contribution in [3.63, 3.8) is 0 Å². The van der Waals surface area contributed by atoms with Crippen LogP contribution in [0.2, 0.25) is 0 Å². The lowest BCUT2D eigenvalue weighted by Gasteiger charge is -2.36. The molecule has 0 radical (unpaired) electrons. The number of pyridine rings is 1. The van der Waals surface area contributed by atoms with Crippen molar-refractivity contribution in [2.45, 2.75) is 26.0 Å². The van der Waals surface area contributed by atoms with Crippen LogP contribution in [-0.2, 0) is 21.6 Å². The molecule has 3 aromatic heterocycles. The van der Waals surface area contributed by atoms with Crippen molar-refractivity contribution in [1.82, 2.24) is 29.2 Å². The number of ether oxygens (including phenoxy) is 2. The van der Waals surface area contributed by atoms with Gasteiger partial charge in [0.1, 0.15) is 11.0 Å². The van der Waals surface area contributed by atoms with Crippen LogP contribution in [0.3, 0.4) is 0 Å². The predicted molar refractivity (Wildman–Crippen MR) is 175 cm³/mol. The van der Waals surface area contributed by atoms with Gasteiger partial charge < -0.3 is 30.5 Å². The summed E-state index contributed by atoms with van der Waals surface area (Å²) in [7, 11) is 0. The Morgan fingerprint density at radius 1 is 1.02 bits per heavy atom. The number of hydrogen-bond acceptors (Lipinski definition) is 11. The number of nitrogens with zero attached hydrogens (tertiary/aromatic N) is 7. The standard InChI is InChI=1S/C32H43N9O4/c1-4-13-40-30(42)26-23-34-31(37-29(26)41(40)28-7-5-6-27(36-28)32(2,3)43)35-24-8-10-25(11-9-24)39-16-14-38(15-17-39)18-20-45-22-21-44-19-12-33/h4-11,23,43H,1,12-22,33H2,2-3H3,(H,34,35,37). The van der Waals surface area contributed by atoms with Crippen LogP contribution in [0.5, 0.6) is 0 Å². The molecule has 1 fully saturated rings. The summed E-state index contributed by atoms with van der Waals surface area (Å²) >= 11 is 0. The average molecular weight is 618 g/mol. The molecular formula is C32H43N9O4. The first-order valence-electron chi connectivity index (χ1n) is 15.3. The minimum Gasteiger partial charge on any atom is -0.384 e. The van der Waals surface area contributed by atoms with Crippen molar-refractivity contribution in [1.29, 1.82) is 0 Å². The van der Waals surface area contributed by atoms with Crippen LogP contribution in [0.4, 0.5) is 17.3 Å². The summed E-state index contributed by atoms with van der Waals surface area (Å²) in [5, 5.41) is 14.2. The minimum absolute atomic E-state index is 0.251. The van der Waals surface area contributed by atoms with Gasteiger partial charge in [-0.05, 0) is 50.2 Å². The molecule has 45 heavy (non-hydrogen) atoms. The highest BCUT2D eigenvalue weighted by atomic mass is 16.5. The molecule has 0 amide bonds. The van der Waals surface area contributed by atoms with Crippen LogP contribution in [-0.4, -0.2) is 100 Å². The van der Waals surface area contributed by atoms with E-state index in [4.69, 9.17) is 20.2 Å². The first-order valence-corrected chi connectivity index (χ1v) is 15.3. The molecule has 1 aliphatic heterocycles. The molecule has 0 aliphatic carbocycles. The van der Waals surface area contributed by atoms with Gasteiger partial charge in [-0.3, -0.25) is 9.69 Å². The Hall–Kier alpha value is -4.14. The quantitative estimate of drug-likeness (QED) is 0.133. The normalized spacial score (nSPS) is 14.3. The van der Waals surface area contributed by atoms with Crippen molar-refractivity contribution in [3.8, 4) is 5.82 Å². The Kier molecular flexibility index (Phi) is 10.6. The Bertz CT molecular complexity index is 1620. The van der Waals surface area contributed by atoms with E-state index in [-0.39, 0.29) is 12.1 Å². The fourth-order valence-corrected chi connectivity index (χ4v) is 5.20. The third-order valence-electron chi connectivity index (χ3n) is 7.60. The fraction of sp³-hybridized carbons (Fsp3) is 0.438. The summed E-state index contributed by atoms with van der Waals surface area (Å²) in [6.45, 7) is 15.1. The van der Waals surface area contributed by atoms with Gasteiger partial charge in [-0.1, -0.05) is 12.1 Å². The first-order chi connectivity index (χ1) is 21.8. The van der Waals surface area contributed by atoms with Crippen LogP contribution in [0.1, 0.15) is 19.5 Å². The van der Waals surface area contributed by atoms with E-state index in [9.17, 15) is 9.90 Å². The Morgan fingerprint density at radius 2 is 1.76 bits per heavy atom. The molecule has 4 N–H and O–H groups in total. The summed E-state index contributed by atoms with van der Waals surface area (Å²) in [5.74, 6) is 0.804. The molecule has 0 atom stereocenters. The molecule has 0 bridgehead atoms. The largest absolute Gasteiger partial charge is 0.384 e. The van der Waals surface area contributed by atoms with Gasteiger partial charge in [-0.2, -0.15) is 4.98 Å². The average Bonchev–Trinajstić information content (AvgIpc) is 3.31. The van der Waals surface area contributed by atoms with Gasteiger partial charge in [0.05, 0.1) is 38.7 Å². The lowest BCUT2D eigenvalue weighted by molar-refractivity contribution is 0.0405. The number of nitrogens with two attached hydrogens (primary N) is 1. The van der Waals surface area contributed by atoms with Gasteiger partial charge in [0.25, 0.3) is 5.56 Å². The maximum absolute atomic E-state index is 13.3. The molecule has 4 heterocycles. The van der Waals surface area contributed by atoms with Gasteiger partial charge >= 0.3 is 0 Å². The van der Waals surface area contributed by atoms with E-state index in [1.165, 1.54) is 10.9 Å². The van der Waals surface area contributed by atoms with Crippen LogP contribution in [0.15, 0.2) is 66.1 Å². The predicted octanol–water partition coefficient (Wildman–Crippen LogP) is 2.25. The Morgan fingerprint density at radius 3 is 2.44 bits per heavy atom. The van der Waals surface area contributed by atoms with Gasteiger partial charge in [0, 0.05) is 56.8 Å². The monoisotopic (exact) mass is 617 g/mol. The minimum atomic E-state index is -1.15. The molecule has 1 aromatic carbocycles. The number of aliphatic hydroxyl groups is 1. The summed E-state index contributed by atoms with van der Waals surface area (Å²) < 4.78 is 14.2.